The molecule has 6 nitrogen and oxygen atoms in total. The second kappa shape index (κ2) is 9.12. The van der Waals surface area contributed by atoms with Gasteiger partial charge in [0.2, 0.25) is 5.91 Å². The Balaban J connectivity index is 1.94. The maximum atomic E-state index is 11.7. The highest BCUT2D eigenvalue weighted by Gasteiger charge is 2.25. The lowest BCUT2D eigenvalue weighted by molar-refractivity contribution is -0.563. The molecule has 0 saturated heterocycles. The highest BCUT2D eigenvalue weighted by Crippen LogP contribution is 2.32. The first-order valence-electron chi connectivity index (χ1n) is 9.29. The third kappa shape index (κ3) is 4.66. The minimum absolute atomic E-state index is 0.000101. The number of hydrogen-bond acceptors (Lipinski definition) is 4. The minimum atomic E-state index is -0.000101. The molecule has 3 rings (SSSR count). The number of halogens is 1. The normalized spacial score (nSPS) is 17.9. The third-order valence-electron chi connectivity index (χ3n) is 4.95. The lowest BCUT2D eigenvalue weighted by Crippen LogP contribution is -2.81. The summed E-state index contributed by atoms with van der Waals surface area (Å²) in [5, 5.41) is 12.1. The third-order valence-corrected chi connectivity index (χ3v) is 5.45. The number of hydrogen-bond donors (Lipinski definition) is 4. The van der Waals surface area contributed by atoms with Crippen LogP contribution in [0.4, 0.5) is 5.69 Å². The Labute approximate surface area is 173 Å². The molecule has 5 N–H and O–H groups in total. The van der Waals surface area contributed by atoms with Crippen molar-refractivity contribution in [3.8, 4) is 0 Å². The van der Waals surface area contributed by atoms with Crippen molar-refractivity contribution in [2.24, 2.45) is 5.11 Å². The van der Waals surface area contributed by atoms with Gasteiger partial charge in [-0.05, 0) is 48.4 Å². The van der Waals surface area contributed by atoms with E-state index in [0.717, 1.165) is 45.6 Å². The Morgan fingerprint density at radius 2 is 2.14 bits per heavy atom. The molecular weight excluding hydrogens is 418 g/mol. The first kappa shape index (κ1) is 20.2. The Morgan fingerprint density at radius 1 is 1.32 bits per heavy atom. The molecule has 1 aliphatic heterocycles. The molecule has 2 aromatic rings. The largest absolute Gasteiger partial charge is 0.378 e. The Hall–Kier alpha value is -2.51. The van der Waals surface area contributed by atoms with Crippen LogP contribution in [0.3, 0.4) is 0 Å². The number of amides is 1. The maximum absolute atomic E-state index is 11.7. The summed E-state index contributed by atoms with van der Waals surface area (Å²) in [7, 11) is 1.65. The minimum Gasteiger partial charge on any atom is -0.378 e. The number of benzene rings is 2. The van der Waals surface area contributed by atoms with Gasteiger partial charge in [-0.3, -0.25) is 4.79 Å². The van der Waals surface area contributed by atoms with Gasteiger partial charge in [0.25, 0.3) is 0 Å². The molecule has 1 amide bonds. The second-order valence-corrected chi connectivity index (χ2v) is 7.79. The van der Waals surface area contributed by atoms with E-state index in [0.29, 0.717) is 6.42 Å². The molecule has 0 aliphatic carbocycles. The summed E-state index contributed by atoms with van der Waals surface area (Å²) < 4.78 is 1.02. The van der Waals surface area contributed by atoms with Crippen LogP contribution in [0.15, 0.2) is 57.7 Å². The molecule has 1 atom stereocenters. The van der Waals surface area contributed by atoms with Crippen LogP contribution < -0.4 is 16.0 Å². The number of nitrogens with two attached hydrogens (primary N) is 1. The van der Waals surface area contributed by atoms with Crippen molar-refractivity contribution in [1.29, 1.82) is 5.53 Å². The molecule has 0 fully saturated rings. The summed E-state index contributed by atoms with van der Waals surface area (Å²) in [6, 6.07) is 14.4. The molecule has 1 aliphatic rings. The number of fused-ring (bicyclic) bond motifs is 1. The SMILES string of the molecule is CNC(=O)Cc1cccc(NC2CC[NH2+]C(=C(C)N=N)c3ccc(Br)cc32)c1. The van der Waals surface area contributed by atoms with Gasteiger partial charge in [-0.2, -0.15) is 5.11 Å². The zero-order chi connectivity index (χ0) is 20.1. The summed E-state index contributed by atoms with van der Waals surface area (Å²) in [5.74, 6) is -0.000101. The smallest absolute Gasteiger partial charge is 0.224 e. The van der Waals surface area contributed by atoms with Gasteiger partial charge < -0.3 is 16.0 Å². The Kier molecular flexibility index (Phi) is 6.59. The van der Waals surface area contributed by atoms with Gasteiger partial charge in [0.05, 0.1) is 19.0 Å². The fraction of sp³-hybridized carbons (Fsp3) is 0.286. The zero-order valence-electron chi connectivity index (χ0n) is 16.1. The number of quaternary nitrogens is 1. The molecular formula is C21H25BrN5O+. The number of likely N-dealkylation sites (N-methyl/N-ethyl adjacent to an activating group) is 1. The molecule has 1 heterocycles. The van der Waals surface area contributed by atoms with E-state index in [1.165, 1.54) is 5.56 Å². The quantitative estimate of drug-likeness (QED) is 0.532. The van der Waals surface area contributed by atoms with Gasteiger partial charge in [0, 0.05) is 29.2 Å². The lowest BCUT2D eigenvalue weighted by atomic mass is 9.96. The van der Waals surface area contributed by atoms with Gasteiger partial charge in [-0.1, -0.05) is 28.1 Å². The van der Waals surface area contributed by atoms with Gasteiger partial charge >= 0.3 is 0 Å². The lowest BCUT2D eigenvalue weighted by Gasteiger charge is -2.20. The molecule has 0 bridgehead atoms. The number of nitrogens with zero attached hydrogens (tertiary/aromatic N) is 1. The van der Waals surface area contributed by atoms with Crippen LogP contribution in [0.2, 0.25) is 0 Å². The van der Waals surface area contributed by atoms with E-state index in [1.54, 1.807) is 7.05 Å². The van der Waals surface area contributed by atoms with Crippen LogP contribution in [0.25, 0.3) is 5.70 Å². The number of nitrogens with one attached hydrogen (secondary N) is 3. The topological polar surface area (TPSA) is 93.9 Å². The molecule has 146 valence electrons. The fourth-order valence-electron chi connectivity index (χ4n) is 3.53. The van der Waals surface area contributed by atoms with E-state index in [9.17, 15) is 4.79 Å². The monoisotopic (exact) mass is 442 g/mol. The van der Waals surface area contributed by atoms with E-state index < -0.39 is 0 Å². The van der Waals surface area contributed by atoms with Crippen LogP contribution in [-0.2, 0) is 11.2 Å². The van der Waals surface area contributed by atoms with Gasteiger partial charge in [0.1, 0.15) is 5.70 Å². The molecule has 0 aromatic heterocycles. The zero-order valence-corrected chi connectivity index (χ0v) is 17.6. The molecule has 7 heteroatoms. The van der Waals surface area contributed by atoms with Crippen LogP contribution in [-0.4, -0.2) is 19.5 Å². The van der Waals surface area contributed by atoms with E-state index >= 15 is 0 Å². The fourth-order valence-corrected chi connectivity index (χ4v) is 3.90. The Bertz CT molecular complexity index is 925. The summed E-state index contributed by atoms with van der Waals surface area (Å²) in [6.07, 6.45) is 1.29. The van der Waals surface area contributed by atoms with E-state index in [1.807, 2.05) is 37.3 Å². The van der Waals surface area contributed by atoms with Crippen molar-refractivity contribution in [1.82, 2.24) is 5.32 Å². The van der Waals surface area contributed by atoms with Gasteiger partial charge in [-0.25, -0.2) is 5.53 Å². The van der Waals surface area contributed by atoms with Crippen LogP contribution in [0.5, 0.6) is 0 Å². The molecule has 2 aromatic carbocycles. The number of carbonyl (C=O) groups excluding carboxylic acids is 1. The second-order valence-electron chi connectivity index (χ2n) is 6.87. The van der Waals surface area contributed by atoms with Gasteiger partial charge in [-0.15, -0.1) is 0 Å². The number of anilines is 1. The number of rotatable bonds is 5. The molecule has 0 saturated carbocycles. The van der Waals surface area contributed by atoms with E-state index in [2.05, 4.69) is 49.1 Å². The highest BCUT2D eigenvalue weighted by atomic mass is 79.9. The van der Waals surface area contributed by atoms with Crippen molar-refractivity contribution in [2.75, 3.05) is 18.9 Å². The van der Waals surface area contributed by atoms with E-state index in [-0.39, 0.29) is 11.9 Å². The predicted molar refractivity (Wildman–Crippen MR) is 114 cm³/mol. The average molecular weight is 443 g/mol. The van der Waals surface area contributed by atoms with Crippen molar-refractivity contribution < 1.29 is 10.1 Å². The highest BCUT2D eigenvalue weighted by molar-refractivity contribution is 9.10. The molecule has 0 spiro atoms. The van der Waals surface area contributed by atoms with Crippen molar-refractivity contribution in [3.05, 3.63) is 69.3 Å². The number of carbonyl (C=O) groups is 1. The number of allylic oxidation sites excluding steroid dienone is 1. The average Bonchev–Trinajstić information content (AvgIpc) is 2.87. The summed E-state index contributed by atoms with van der Waals surface area (Å²) in [4.78, 5) is 11.7. The standard InChI is InChI=1S/C21H24BrN5O/c1-13(27-23)21-17-7-6-15(22)12-18(17)19(8-9-25-21)26-16-5-3-4-14(10-16)11-20(28)24-2/h3-7,10,12,19,23,25-26H,8-9,11H2,1-2H3,(H,24,28)/p+1. The molecule has 0 radical (unpaired) electrons. The molecule has 28 heavy (non-hydrogen) atoms. The predicted octanol–water partition coefficient (Wildman–Crippen LogP) is 3.58. The van der Waals surface area contributed by atoms with Crippen LogP contribution in [0.1, 0.15) is 36.1 Å². The van der Waals surface area contributed by atoms with E-state index in [4.69, 9.17) is 5.53 Å². The van der Waals surface area contributed by atoms with Gasteiger partial charge in [0.15, 0.2) is 5.70 Å². The Morgan fingerprint density at radius 3 is 2.89 bits per heavy atom. The summed E-state index contributed by atoms with van der Waals surface area (Å²) in [5.41, 5.74) is 13.4. The molecule has 1 unspecified atom stereocenters. The summed E-state index contributed by atoms with van der Waals surface area (Å²) >= 11 is 3.59. The van der Waals surface area contributed by atoms with Crippen molar-refractivity contribution in [2.45, 2.75) is 25.8 Å². The van der Waals surface area contributed by atoms with Crippen LogP contribution >= 0.6 is 15.9 Å². The summed E-state index contributed by atoms with van der Waals surface area (Å²) in [6.45, 7) is 2.77. The first-order chi connectivity index (χ1) is 13.5. The first-order valence-corrected chi connectivity index (χ1v) is 10.1. The van der Waals surface area contributed by atoms with Crippen LogP contribution in [0, 0.1) is 5.53 Å². The van der Waals surface area contributed by atoms with Crippen molar-refractivity contribution >= 4 is 33.2 Å². The van der Waals surface area contributed by atoms with Crippen molar-refractivity contribution in [3.63, 3.8) is 0 Å². The maximum Gasteiger partial charge on any atom is 0.224 e.